The van der Waals surface area contributed by atoms with Gasteiger partial charge in [0.05, 0.1) is 6.61 Å². The molecule has 1 aromatic carbocycles. The van der Waals surface area contributed by atoms with E-state index in [1.54, 1.807) is 11.9 Å². The average molecular weight is 272 g/mol. The summed E-state index contributed by atoms with van der Waals surface area (Å²) in [6, 6.07) is 12.3. The highest BCUT2D eigenvalue weighted by molar-refractivity contribution is 8.00. The molecule has 3 rings (SSSR count). The highest BCUT2D eigenvalue weighted by Crippen LogP contribution is 2.30. The number of pyridine rings is 1. The molecule has 0 amide bonds. The van der Waals surface area contributed by atoms with Crippen LogP contribution in [0, 0.1) is 6.92 Å². The first-order valence-corrected chi connectivity index (χ1v) is 7.25. The average Bonchev–Trinajstić information content (AvgIpc) is 2.45. The number of nitrogens with one attached hydrogen (secondary N) is 1. The Bertz CT molecular complexity index is 586. The van der Waals surface area contributed by atoms with E-state index in [1.807, 2.05) is 25.1 Å². The SMILES string of the molecule is Cc1cccc(NSc2ccc3c(c2)OCCC3)n1. The summed E-state index contributed by atoms with van der Waals surface area (Å²) in [5.74, 6) is 1.90. The summed E-state index contributed by atoms with van der Waals surface area (Å²) in [7, 11) is 0. The summed E-state index contributed by atoms with van der Waals surface area (Å²) >= 11 is 1.56. The third-order valence-corrected chi connectivity index (χ3v) is 3.85. The molecule has 98 valence electrons. The Kier molecular flexibility index (Phi) is 3.60. The van der Waals surface area contributed by atoms with Crippen LogP contribution in [0.3, 0.4) is 0 Å². The number of anilines is 1. The van der Waals surface area contributed by atoms with Gasteiger partial charge in [-0.2, -0.15) is 0 Å². The van der Waals surface area contributed by atoms with Crippen molar-refractivity contribution in [2.45, 2.75) is 24.7 Å². The lowest BCUT2D eigenvalue weighted by molar-refractivity contribution is 0.287. The van der Waals surface area contributed by atoms with Crippen molar-refractivity contribution in [1.82, 2.24) is 4.98 Å². The minimum absolute atomic E-state index is 0.827. The Labute approximate surface area is 117 Å². The van der Waals surface area contributed by atoms with Gasteiger partial charge in [-0.05, 0) is 61.5 Å². The largest absolute Gasteiger partial charge is 0.493 e. The second kappa shape index (κ2) is 5.53. The van der Waals surface area contributed by atoms with Crippen molar-refractivity contribution in [3.05, 3.63) is 47.7 Å². The van der Waals surface area contributed by atoms with Crippen LogP contribution in [-0.4, -0.2) is 11.6 Å². The Morgan fingerprint density at radius 2 is 2.21 bits per heavy atom. The summed E-state index contributed by atoms with van der Waals surface area (Å²) in [6.45, 7) is 2.82. The smallest absolute Gasteiger partial charge is 0.136 e. The molecule has 19 heavy (non-hydrogen) atoms. The summed E-state index contributed by atoms with van der Waals surface area (Å²) in [6.07, 6.45) is 2.23. The zero-order valence-electron chi connectivity index (χ0n) is 10.8. The highest BCUT2D eigenvalue weighted by atomic mass is 32.2. The number of ether oxygens (including phenoxy) is 1. The van der Waals surface area contributed by atoms with Crippen LogP contribution >= 0.6 is 11.9 Å². The molecule has 0 radical (unpaired) electrons. The number of aryl methyl sites for hydroxylation is 2. The number of benzene rings is 1. The monoisotopic (exact) mass is 272 g/mol. The van der Waals surface area contributed by atoms with Gasteiger partial charge in [-0.25, -0.2) is 4.98 Å². The second-order valence-corrected chi connectivity index (χ2v) is 5.47. The number of hydrogen-bond donors (Lipinski definition) is 1. The standard InChI is InChI=1S/C15H16N2OS/c1-11-4-2-6-15(16-11)17-19-13-8-7-12-5-3-9-18-14(12)10-13/h2,4,6-8,10H,3,5,9H2,1H3,(H,16,17). The maximum absolute atomic E-state index is 5.68. The number of hydrogen-bond acceptors (Lipinski definition) is 4. The van der Waals surface area contributed by atoms with Gasteiger partial charge >= 0.3 is 0 Å². The lowest BCUT2D eigenvalue weighted by Gasteiger charge is -2.17. The van der Waals surface area contributed by atoms with Crippen molar-refractivity contribution in [2.24, 2.45) is 0 Å². The predicted octanol–water partition coefficient (Wildman–Crippen LogP) is 3.83. The van der Waals surface area contributed by atoms with E-state index >= 15 is 0 Å². The van der Waals surface area contributed by atoms with Gasteiger partial charge in [0.25, 0.3) is 0 Å². The minimum Gasteiger partial charge on any atom is -0.493 e. The molecule has 0 unspecified atom stereocenters. The van der Waals surface area contributed by atoms with Gasteiger partial charge in [0.15, 0.2) is 0 Å². The van der Waals surface area contributed by atoms with Crippen LogP contribution in [0.25, 0.3) is 0 Å². The van der Waals surface area contributed by atoms with Gasteiger partial charge in [0, 0.05) is 10.6 Å². The highest BCUT2D eigenvalue weighted by Gasteiger charge is 2.10. The minimum atomic E-state index is 0.827. The van der Waals surface area contributed by atoms with Gasteiger partial charge in [-0.3, -0.25) is 0 Å². The molecule has 0 saturated heterocycles. The van der Waals surface area contributed by atoms with Gasteiger partial charge < -0.3 is 9.46 Å². The van der Waals surface area contributed by atoms with E-state index in [1.165, 1.54) is 5.56 Å². The van der Waals surface area contributed by atoms with E-state index in [9.17, 15) is 0 Å². The fourth-order valence-corrected chi connectivity index (χ4v) is 2.73. The van der Waals surface area contributed by atoms with E-state index < -0.39 is 0 Å². The number of rotatable bonds is 3. The van der Waals surface area contributed by atoms with Crippen molar-refractivity contribution in [3.8, 4) is 5.75 Å². The maximum Gasteiger partial charge on any atom is 0.136 e. The first kappa shape index (κ1) is 12.4. The van der Waals surface area contributed by atoms with Gasteiger partial charge in [-0.1, -0.05) is 12.1 Å². The molecular formula is C15H16N2OS. The number of aromatic nitrogens is 1. The molecule has 3 nitrogen and oxygen atoms in total. The van der Waals surface area contributed by atoms with E-state index in [2.05, 4.69) is 27.9 Å². The molecule has 0 bridgehead atoms. The molecule has 0 spiro atoms. The molecule has 2 heterocycles. The molecule has 0 aliphatic carbocycles. The first-order valence-electron chi connectivity index (χ1n) is 6.43. The van der Waals surface area contributed by atoms with E-state index in [0.717, 1.165) is 41.6 Å². The lowest BCUT2D eigenvalue weighted by atomic mass is 10.1. The summed E-state index contributed by atoms with van der Waals surface area (Å²) in [5.41, 5.74) is 2.32. The Balaban J connectivity index is 1.70. The van der Waals surface area contributed by atoms with Crippen LogP contribution in [0.2, 0.25) is 0 Å². The van der Waals surface area contributed by atoms with E-state index in [-0.39, 0.29) is 0 Å². The first-order chi connectivity index (χ1) is 9.31. The van der Waals surface area contributed by atoms with Gasteiger partial charge in [-0.15, -0.1) is 0 Å². The molecule has 1 aromatic heterocycles. The zero-order valence-corrected chi connectivity index (χ0v) is 11.7. The molecule has 1 N–H and O–H groups in total. The van der Waals surface area contributed by atoms with Crippen LogP contribution in [0.15, 0.2) is 41.3 Å². The quantitative estimate of drug-likeness (QED) is 0.861. The Morgan fingerprint density at radius 1 is 1.26 bits per heavy atom. The zero-order chi connectivity index (χ0) is 13.1. The maximum atomic E-state index is 5.68. The van der Waals surface area contributed by atoms with Crippen LogP contribution in [0.5, 0.6) is 5.75 Å². The topological polar surface area (TPSA) is 34.1 Å². The van der Waals surface area contributed by atoms with Crippen LogP contribution in [-0.2, 0) is 6.42 Å². The Morgan fingerprint density at radius 3 is 3.11 bits per heavy atom. The predicted molar refractivity (Wildman–Crippen MR) is 78.7 cm³/mol. The van der Waals surface area contributed by atoms with Crippen molar-refractivity contribution in [1.29, 1.82) is 0 Å². The molecule has 2 aromatic rings. The third kappa shape index (κ3) is 3.01. The number of fused-ring (bicyclic) bond motifs is 1. The van der Waals surface area contributed by atoms with Crippen molar-refractivity contribution in [2.75, 3.05) is 11.3 Å². The van der Waals surface area contributed by atoms with Gasteiger partial charge in [0.1, 0.15) is 11.6 Å². The Hall–Kier alpha value is -1.68. The molecule has 0 fully saturated rings. The van der Waals surface area contributed by atoms with E-state index in [0.29, 0.717) is 0 Å². The van der Waals surface area contributed by atoms with Crippen molar-refractivity contribution >= 4 is 17.8 Å². The molecule has 0 saturated carbocycles. The summed E-state index contributed by atoms with van der Waals surface area (Å²) in [4.78, 5) is 5.56. The van der Waals surface area contributed by atoms with Gasteiger partial charge in [0.2, 0.25) is 0 Å². The lowest BCUT2D eigenvalue weighted by Crippen LogP contribution is -2.08. The van der Waals surface area contributed by atoms with Crippen LogP contribution in [0.4, 0.5) is 5.82 Å². The fraction of sp³-hybridized carbons (Fsp3) is 0.267. The molecular weight excluding hydrogens is 256 g/mol. The van der Waals surface area contributed by atoms with Crippen LogP contribution < -0.4 is 9.46 Å². The third-order valence-electron chi connectivity index (χ3n) is 3.05. The van der Waals surface area contributed by atoms with Crippen LogP contribution in [0.1, 0.15) is 17.7 Å². The molecule has 4 heteroatoms. The molecule has 1 aliphatic rings. The summed E-state index contributed by atoms with van der Waals surface area (Å²) < 4.78 is 8.94. The van der Waals surface area contributed by atoms with Crippen molar-refractivity contribution < 1.29 is 4.74 Å². The molecule has 1 aliphatic heterocycles. The summed E-state index contributed by atoms with van der Waals surface area (Å²) in [5, 5.41) is 0. The van der Waals surface area contributed by atoms with Crippen molar-refractivity contribution in [3.63, 3.8) is 0 Å². The second-order valence-electron chi connectivity index (χ2n) is 4.59. The molecule has 0 atom stereocenters. The number of nitrogens with zero attached hydrogens (tertiary/aromatic N) is 1. The fourth-order valence-electron chi connectivity index (χ4n) is 2.10. The normalized spacial score (nSPS) is 13.5. The van der Waals surface area contributed by atoms with E-state index in [4.69, 9.17) is 4.74 Å².